The maximum absolute atomic E-state index is 5.72. The highest BCUT2D eigenvalue weighted by atomic mass is 16.5. The Balaban J connectivity index is 2.27. The lowest BCUT2D eigenvalue weighted by Gasteiger charge is -2.14. The van der Waals surface area contributed by atoms with Crippen molar-refractivity contribution in [1.29, 1.82) is 0 Å². The van der Waals surface area contributed by atoms with Gasteiger partial charge in [0.1, 0.15) is 18.5 Å². The van der Waals surface area contributed by atoms with Crippen molar-refractivity contribution in [2.24, 2.45) is 0 Å². The number of nitrogens with zero attached hydrogens (tertiary/aromatic N) is 3. The van der Waals surface area contributed by atoms with Crippen LogP contribution >= 0.6 is 0 Å². The van der Waals surface area contributed by atoms with Crippen LogP contribution in [-0.4, -0.2) is 49.2 Å². The first kappa shape index (κ1) is 12.6. The second kappa shape index (κ2) is 5.64. The lowest BCUT2D eigenvalue weighted by molar-refractivity contribution is 0.251. The molecule has 0 amide bonds. The molecule has 0 saturated heterocycles. The van der Waals surface area contributed by atoms with Crippen molar-refractivity contribution in [2.75, 3.05) is 34.4 Å². The zero-order valence-electron chi connectivity index (χ0n) is 10.9. The van der Waals surface area contributed by atoms with Gasteiger partial charge in [0.15, 0.2) is 11.5 Å². The molecule has 0 aliphatic rings. The summed E-state index contributed by atoms with van der Waals surface area (Å²) in [5.41, 5.74) is 0.773. The van der Waals surface area contributed by atoms with Crippen molar-refractivity contribution >= 4 is 10.9 Å². The summed E-state index contributed by atoms with van der Waals surface area (Å²) in [5.74, 6) is 1.37. The fraction of sp³-hybridized carbons (Fsp3) is 0.385. The Morgan fingerprint density at radius 1 is 1.28 bits per heavy atom. The third-order valence-corrected chi connectivity index (χ3v) is 2.59. The summed E-state index contributed by atoms with van der Waals surface area (Å²) in [6.07, 6.45) is 3.27. The van der Waals surface area contributed by atoms with Crippen LogP contribution in [0, 0.1) is 0 Å². The molecule has 0 unspecified atom stereocenters. The van der Waals surface area contributed by atoms with Gasteiger partial charge in [0.05, 0.1) is 7.11 Å². The van der Waals surface area contributed by atoms with E-state index in [9.17, 15) is 0 Å². The van der Waals surface area contributed by atoms with Crippen molar-refractivity contribution in [2.45, 2.75) is 0 Å². The van der Waals surface area contributed by atoms with Crippen LogP contribution in [0.5, 0.6) is 11.5 Å². The van der Waals surface area contributed by atoms with E-state index in [1.165, 1.54) is 6.33 Å². The average Bonchev–Trinajstić information content (AvgIpc) is 2.38. The number of fused-ring (bicyclic) bond motifs is 1. The topological polar surface area (TPSA) is 47.5 Å². The number of methoxy groups -OCH3 is 1. The number of hydrogen-bond donors (Lipinski definition) is 0. The SMILES string of the molecule is COc1c(OCCN(C)C)ccc2cncnc12. The molecule has 96 valence electrons. The fourth-order valence-electron chi connectivity index (χ4n) is 1.66. The summed E-state index contributed by atoms with van der Waals surface area (Å²) in [4.78, 5) is 10.3. The van der Waals surface area contributed by atoms with Gasteiger partial charge in [0.25, 0.3) is 0 Å². The molecular formula is C13H17N3O2. The Morgan fingerprint density at radius 3 is 2.83 bits per heavy atom. The fourth-order valence-corrected chi connectivity index (χ4v) is 1.66. The standard InChI is InChI=1S/C13H17N3O2/c1-16(2)6-7-18-11-5-4-10-8-14-9-15-12(10)13(11)17-3/h4-5,8-9H,6-7H2,1-3H3. The molecule has 2 rings (SSSR count). The molecule has 0 aliphatic heterocycles. The molecule has 2 aromatic rings. The van der Waals surface area contributed by atoms with E-state index < -0.39 is 0 Å². The van der Waals surface area contributed by atoms with Gasteiger partial charge >= 0.3 is 0 Å². The van der Waals surface area contributed by atoms with Crippen LogP contribution in [0.2, 0.25) is 0 Å². The molecule has 0 aliphatic carbocycles. The molecule has 5 nitrogen and oxygen atoms in total. The Bertz CT molecular complexity index is 529. The Kier molecular flexibility index (Phi) is 3.94. The molecule has 0 saturated carbocycles. The summed E-state index contributed by atoms with van der Waals surface area (Å²) in [6.45, 7) is 1.46. The van der Waals surface area contributed by atoms with Crippen LogP contribution in [0.15, 0.2) is 24.7 Å². The number of aromatic nitrogens is 2. The summed E-state index contributed by atoms with van der Waals surface area (Å²) < 4.78 is 11.1. The Labute approximate surface area is 106 Å². The van der Waals surface area contributed by atoms with Crippen LogP contribution in [0.4, 0.5) is 0 Å². The molecule has 0 bridgehead atoms. The van der Waals surface area contributed by atoms with Gasteiger partial charge in [-0.3, -0.25) is 0 Å². The van der Waals surface area contributed by atoms with Crippen molar-refractivity contribution in [3.8, 4) is 11.5 Å². The number of ether oxygens (including phenoxy) is 2. The molecular weight excluding hydrogens is 230 g/mol. The minimum atomic E-state index is 0.611. The Morgan fingerprint density at radius 2 is 2.11 bits per heavy atom. The van der Waals surface area contributed by atoms with Gasteiger partial charge in [-0.2, -0.15) is 0 Å². The third-order valence-electron chi connectivity index (χ3n) is 2.59. The van der Waals surface area contributed by atoms with Crippen molar-refractivity contribution in [3.05, 3.63) is 24.7 Å². The minimum absolute atomic E-state index is 0.611. The number of benzene rings is 1. The highest BCUT2D eigenvalue weighted by Crippen LogP contribution is 2.33. The quantitative estimate of drug-likeness (QED) is 0.802. The predicted molar refractivity (Wildman–Crippen MR) is 70.1 cm³/mol. The smallest absolute Gasteiger partial charge is 0.187 e. The monoisotopic (exact) mass is 247 g/mol. The predicted octanol–water partition coefficient (Wildman–Crippen LogP) is 1.58. The zero-order valence-corrected chi connectivity index (χ0v) is 10.9. The molecule has 1 heterocycles. The largest absolute Gasteiger partial charge is 0.491 e. The molecule has 0 N–H and O–H groups in total. The average molecular weight is 247 g/mol. The van der Waals surface area contributed by atoms with E-state index in [0.29, 0.717) is 18.1 Å². The van der Waals surface area contributed by atoms with E-state index in [1.807, 2.05) is 26.2 Å². The highest BCUT2D eigenvalue weighted by molar-refractivity contribution is 5.86. The summed E-state index contributed by atoms with van der Waals surface area (Å²) in [5, 5.41) is 0.939. The minimum Gasteiger partial charge on any atom is -0.491 e. The normalized spacial score (nSPS) is 10.9. The lowest BCUT2D eigenvalue weighted by atomic mass is 10.2. The molecule has 1 aromatic heterocycles. The van der Waals surface area contributed by atoms with Gasteiger partial charge in [0, 0.05) is 18.1 Å². The van der Waals surface area contributed by atoms with Crippen molar-refractivity contribution < 1.29 is 9.47 Å². The molecule has 0 spiro atoms. The van der Waals surface area contributed by atoms with Crippen LogP contribution in [0.1, 0.15) is 0 Å². The van der Waals surface area contributed by atoms with Crippen LogP contribution in [0.25, 0.3) is 10.9 Å². The van der Waals surface area contributed by atoms with Crippen LogP contribution < -0.4 is 9.47 Å². The molecule has 0 radical (unpaired) electrons. The number of hydrogen-bond acceptors (Lipinski definition) is 5. The van der Waals surface area contributed by atoms with Crippen LogP contribution in [0.3, 0.4) is 0 Å². The first-order valence-electron chi connectivity index (χ1n) is 5.76. The van der Waals surface area contributed by atoms with Gasteiger partial charge in [-0.15, -0.1) is 0 Å². The van der Waals surface area contributed by atoms with Gasteiger partial charge in [-0.05, 0) is 26.2 Å². The second-order valence-corrected chi connectivity index (χ2v) is 4.21. The van der Waals surface area contributed by atoms with Crippen molar-refractivity contribution in [3.63, 3.8) is 0 Å². The second-order valence-electron chi connectivity index (χ2n) is 4.21. The van der Waals surface area contributed by atoms with Crippen LogP contribution in [-0.2, 0) is 0 Å². The number of rotatable bonds is 5. The van der Waals surface area contributed by atoms with Gasteiger partial charge in [-0.1, -0.05) is 0 Å². The van der Waals surface area contributed by atoms with Gasteiger partial charge in [-0.25, -0.2) is 9.97 Å². The maximum Gasteiger partial charge on any atom is 0.187 e. The van der Waals surface area contributed by atoms with E-state index >= 15 is 0 Å². The highest BCUT2D eigenvalue weighted by Gasteiger charge is 2.10. The Hall–Kier alpha value is -1.88. The molecule has 0 atom stereocenters. The molecule has 18 heavy (non-hydrogen) atoms. The van der Waals surface area contributed by atoms with Crippen molar-refractivity contribution in [1.82, 2.24) is 14.9 Å². The molecule has 5 heteroatoms. The number of likely N-dealkylation sites (N-methyl/N-ethyl adjacent to an activating group) is 1. The molecule has 1 aromatic carbocycles. The third kappa shape index (κ3) is 2.68. The van der Waals surface area contributed by atoms with Gasteiger partial charge < -0.3 is 14.4 Å². The van der Waals surface area contributed by atoms with Gasteiger partial charge in [0.2, 0.25) is 0 Å². The first-order chi connectivity index (χ1) is 8.72. The van der Waals surface area contributed by atoms with E-state index in [1.54, 1.807) is 13.3 Å². The summed E-state index contributed by atoms with van der Waals surface area (Å²) >= 11 is 0. The van der Waals surface area contributed by atoms with E-state index in [4.69, 9.17) is 9.47 Å². The molecule has 0 fully saturated rings. The van der Waals surface area contributed by atoms with E-state index in [2.05, 4.69) is 14.9 Å². The van der Waals surface area contributed by atoms with E-state index in [-0.39, 0.29) is 0 Å². The summed E-state index contributed by atoms with van der Waals surface area (Å²) in [6, 6.07) is 3.82. The maximum atomic E-state index is 5.72. The first-order valence-corrected chi connectivity index (χ1v) is 5.76. The van der Waals surface area contributed by atoms with E-state index in [0.717, 1.165) is 17.4 Å². The zero-order chi connectivity index (χ0) is 13.0. The lowest BCUT2D eigenvalue weighted by Crippen LogP contribution is -2.19. The summed E-state index contributed by atoms with van der Waals surface area (Å²) in [7, 11) is 5.64.